The van der Waals surface area contributed by atoms with E-state index in [1.807, 2.05) is 64.1 Å². The summed E-state index contributed by atoms with van der Waals surface area (Å²) in [6.45, 7) is 8.87. The van der Waals surface area contributed by atoms with Crippen molar-refractivity contribution in [3.8, 4) is 0 Å². The lowest BCUT2D eigenvalue weighted by molar-refractivity contribution is 0.0184. The highest BCUT2D eigenvalue weighted by Gasteiger charge is 2.27. The van der Waals surface area contributed by atoms with Crippen molar-refractivity contribution in [2.75, 3.05) is 18.4 Å². The Morgan fingerprint density at radius 2 is 1.77 bits per heavy atom. The molecule has 1 fully saturated rings. The van der Waals surface area contributed by atoms with Gasteiger partial charge in [0.15, 0.2) is 0 Å². The molecule has 5 rings (SSSR count). The Morgan fingerprint density at radius 3 is 2.48 bits per heavy atom. The van der Waals surface area contributed by atoms with Gasteiger partial charge in [0.25, 0.3) is 5.91 Å². The summed E-state index contributed by atoms with van der Waals surface area (Å²) in [6, 6.07) is 11.6. The number of amides is 2. The highest BCUT2D eigenvalue weighted by Crippen LogP contribution is 2.25. The summed E-state index contributed by atoms with van der Waals surface area (Å²) in [5.41, 5.74) is 4.84. The molecule has 0 unspecified atom stereocenters. The monoisotopic (exact) mass is 558 g/mol. The summed E-state index contributed by atoms with van der Waals surface area (Å²) in [5.74, 6) is 0.242. The van der Waals surface area contributed by atoms with Crippen LogP contribution in [0.3, 0.4) is 0 Å². The van der Waals surface area contributed by atoms with E-state index >= 15 is 0 Å². The van der Waals surface area contributed by atoms with Crippen LogP contribution in [-0.2, 0) is 17.6 Å². The fourth-order valence-corrected chi connectivity index (χ4v) is 5.71. The molecule has 0 bridgehead atoms. The van der Waals surface area contributed by atoms with Crippen molar-refractivity contribution in [2.24, 2.45) is 5.92 Å². The zero-order chi connectivity index (χ0) is 28.3. The van der Waals surface area contributed by atoms with Crippen LogP contribution in [0.4, 0.5) is 10.5 Å². The molecule has 2 amide bonds. The van der Waals surface area contributed by atoms with Gasteiger partial charge in [-0.3, -0.25) is 14.8 Å². The predicted molar refractivity (Wildman–Crippen MR) is 156 cm³/mol. The maximum absolute atomic E-state index is 13.2. The van der Waals surface area contributed by atoms with E-state index in [2.05, 4.69) is 19.7 Å². The normalized spacial score (nSPS) is 14.3. The van der Waals surface area contributed by atoms with Crippen molar-refractivity contribution in [3.05, 3.63) is 76.3 Å². The molecule has 1 aliphatic heterocycles. The van der Waals surface area contributed by atoms with Crippen molar-refractivity contribution >= 4 is 40.3 Å². The van der Waals surface area contributed by atoms with E-state index in [0.29, 0.717) is 42.4 Å². The van der Waals surface area contributed by atoms with Gasteiger partial charge in [-0.15, -0.1) is 0 Å². The average molecular weight is 559 g/mol. The number of carbonyl (C=O) groups is 2. The Kier molecular flexibility index (Phi) is 8.07. The number of fused-ring (bicyclic) bond motifs is 1. The minimum absolute atomic E-state index is 0.209. The largest absolute Gasteiger partial charge is 0.444 e. The number of hydrogen-bond donors (Lipinski definition) is 1. The third kappa shape index (κ3) is 6.80. The second-order valence-electron chi connectivity index (χ2n) is 11.2. The van der Waals surface area contributed by atoms with E-state index in [0.717, 1.165) is 46.6 Å². The van der Waals surface area contributed by atoms with Crippen molar-refractivity contribution < 1.29 is 14.3 Å². The molecule has 0 atom stereocenters. The maximum atomic E-state index is 13.2. The number of hydrogen-bond acceptors (Lipinski definition) is 8. The number of likely N-dealkylation sites (tertiary alicyclic amines) is 1. The number of aryl methyl sites for hydroxylation is 1. The summed E-state index contributed by atoms with van der Waals surface area (Å²) in [7, 11) is 0. The minimum Gasteiger partial charge on any atom is -0.444 e. The third-order valence-corrected chi connectivity index (χ3v) is 7.78. The maximum Gasteiger partial charge on any atom is 0.410 e. The minimum atomic E-state index is -0.485. The highest BCUT2D eigenvalue weighted by molar-refractivity contribution is 7.06. The fourth-order valence-electron chi connectivity index (χ4n) is 4.83. The van der Waals surface area contributed by atoms with Crippen LogP contribution in [0.15, 0.2) is 48.8 Å². The fraction of sp³-hybridized carbons (Fsp3) is 0.400. The summed E-state index contributed by atoms with van der Waals surface area (Å²) in [6.07, 6.45) is 6.35. The van der Waals surface area contributed by atoms with Gasteiger partial charge in [-0.1, -0.05) is 12.1 Å². The summed E-state index contributed by atoms with van der Waals surface area (Å²) >= 11 is 1.31. The molecule has 0 saturated carbocycles. The van der Waals surface area contributed by atoms with E-state index in [1.165, 1.54) is 11.5 Å². The van der Waals surface area contributed by atoms with Crippen LogP contribution in [-0.4, -0.2) is 54.9 Å². The molecular weight excluding hydrogens is 524 g/mol. The van der Waals surface area contributed by atoms with Gasteiger partial charge in [-0.05, 0) is 88.7 Å². The number of rotatable bonds is 6. The summed E-state index contributed by atoms with van der Waals surface area (Å²) in [5, 5.41) is 2.98. The molecule has 0 aliphatic carbocycles. The number of nitrogens with zero attached hydrogens (tertiary/aromatic N) is 5. The van der Waals surface area contributed by atoms with Gasteiger partial charge in [-0.2, -0.15) is 4.37 Å². The highest BCUT2D eigenvalue weighted by atomic mass is 32.1. The Bertz CT molecular complexity index is 1500. The first-order valence-electron chi connectivity index (χ1n) is 13.5. The average Bonchev–Trinajstić information content (AvgIpc) is 3.28. The van der Waals surface area contributed by atoms with Crippen LogP contribution < -0.4 is 5.32 Å². The first-order chi connectivity index (χ1) is 19.1. The Balaban J connectivity index is 1.17. The van der Waals surface area contributed by atoms with Crippen LogP contribution in [0.5, 0.6) is 0 Å². The van der Waals surface area contributed by atoms with Gasteiger partial charge < -0.3 is 15.0 Å². The van der Waals surface area contributed by atoms with Crippen LogP contribution in [0.1, 0.15) is 65.9 Å². The second-order valence-corrected chi connectivity index (χ2v) is 12.1. The molecule has 4 heterocycles. The second kappa shape index (κ2) is 11.7. The Morgan fingerprint density at radius 1 is 1.02 bits per heavy atom. The van der Waals surface area contributed by atoms with Gasteiger partial charge in [0.1, 0.15) is 5.60 Å². The molecule has 1 N–H and O–H groups in total. The number of anilines is 1. The van der Waals surface area contributed by atoms with Crippen molar-refractivity contribution in [3.63, 3.8) is 0 Å². The first kappa shape index (κ1) is 27.6. The van der Waals surface area contributed by atoms with Crippen molar-refractivity contribution in [2.45, 2.75) is 59.0 Å². The smallest absolute Gasteiger partial charge is 0.410 e. The molecule has 0 spiro atoms. The van der Waals surface area contributed by atoms with Crippen molar-refractivity contribution in [1.82, 2.24) is 24.2 Å². The number of pyridine rings is 1. The lowest BCUT2D eigenvalue weighted by Crippen LogP contribution is -2.42. The Hall–Kier alpha value is -3.92. The van der Waals surface area contributed by atoms with Gasteiger partial charge in [0.05, 0.1) is 39.9 Å². The zero-order valence-corrected chi connectivity index (χ0v) is 24.1. The van der Waals surface area contributed by atoms with Gasteiger partial charge in [0, 0.05) is 36.3 Å². The summed E-state index contributed by atoms with van der Waals surface area (Å²) in [4.78, 5) is 42.0. The number of aromatic nitrogens is 4. The predicted octanol–water partition coefficient (Wildman–Crippen LogP) is 5.82. The molecule has 10 heteroatoms. The Labute approximate surface area is 238 Å². The van der Waals surface area contributed by atoms with Crippen molar-refractivity contribution in [1.29, 1.82) is 0 Å². The summed E-state index contributed by atoms with van der Waals surface area (Å²) < 4.78 is 9.93. The number of piperidine rings is 1. The molecule has 1 saturated heterocycles. The third-order valence-electron chi connectivity index (χ3n) is 6.85. The quantitative estimate of drug-likeness (QED) is 0.317. The molecule has 1 aromatic carbocycles. The molecule has 1 aliphatic rings. The van der Waals surface area contributed by atoms with Gasteiger partial charge in [-0.25, -0.2) is 9.78 Å². The molecular formula is C30H34N6O3S. The number of carbonyl (C=O) groups excluding carboxylic acids is 2. The van der Waals surface area contributed by atoms with E-state index in [-0.39, 0.29) is 12.0 Å². The van der Waals surface area contributed by atoms with Gasteiger partial charge in [0.2, 0.25) is 0 Å². The zero-order valence-electron chi connectivity index (χ0n) is 23.3. The number of benzene rings is 1. The molecule has 9 nitrogen and oxygen atoms in total. The number of nitrogens with one attached hydrogen (secondary N) is 1. The van der Waals surface area contributed by atoms with E-state index in [9.17, 15) is 9.59 Å². The van der Waals surface area contributed by atoms with Crippen LogP contribution in [0, 0.1) is 12.8 Å². The number of para-hydroxylation sites is 2. The molecule has 0 radical (unpaired) electrons. The molecule has 40 heavy (non-hydrogen) atoms. The molecule has 208 valence electrons. The van der Waals surface area contributed by atoms with E-state index in [4.69, 9.17) is 9.72 Å². The molecule has 3 aromatic heterocycles. The van der Waals surface area contributed by atoms with E-state index < -0.39 is 5.60 Å². The van der Waals surface area contributed by atoms with E-state index in [1.54, 1.807) is 17.3 Å². The first-order valence-corrected chi connectivity index (χ1v) is 14.3. The SMILES string of the molecule is Cc1nsc(Cc2cnc3ccccc3n2)c1C(=O)Nc1ccc(CC2CCN(C(=O)OC(C)(C)C)CC2)nc1. The topological polar surface area (TPSA) is 110 Å². The number of ether oxygens (including phenoxy) is 1. The standard InChI is InChI=1S/C30H34N6O3S/c1-19-27(26(40-35-19)16-23-18-32-24-7-5-6-8-25(24)33-23)28(37)34-22-10-9-21(31-17-22)15-20-11-13-36(14-12-20)29(38)39-30(2,3)4/h5-10,17-18,20H,11-16H2,1-4H3,(H,34,37). The van der Waals surface area contributed by atoms with Crippen LogP contribution >= 0.6 is 11.5 Å². The lowest BCUT2D eigenvalue weighted by Gasteiger charge is -2.33. The van der Waals surface area contributed by atoms with Crippen LogP contribution in [0.2, 0.25) is 0 Å². The lowest BCUT2D eigenvalue weighted by atomic mass is 9.92. The van der Waals surface area contributed by atoms with Crippen LogP contribution in [0.25, 0.3) is 11.0 Å². The van der Waals surface area contributed by atoms with Gasteiger partial charge >= 0.3 is 6.09 Å². The molecule has 4 aromatic rings.